The highest BCUT2D eigenvalue weighted by Gasteiger charge is 2.44. The van der Waals surface area contributed by atoms with Crippen LogP contribution in [0.25, 0.3) is 0 Å². The minimum atomic E-state index is -1.06. The molecule has 0 bridgehead atoms. The molecule has 1 saturated heterocycles. The van der Waals surface area contributed by atoms with Crippen LogP contribution in [0, 0.1) is 5.41 Å². The summed E-state index contributed by atoms with van der Waals surface area (Å²) in [5.74, 6) is -0.519. The molecule has 8 nitrogen and oxygen atoms in total. The number of anilines is 1. The number of esters is 1. The van der Waals surface area contributed by atoms with Crippen molar-refractivity contribution >= 4 is 23.8 Å². The van der Waals surface area contributed by atoms with E-state index in [2.05, 4.69) is 10.6 Å². The van der Waals surface area contributed by atoms with Crippen LogP contribution in [-0.2, 0) is 19.0 Å². The molecule has 2 N–H and O–H groups in total. The maximum Gasteiger partial charge on any atom is 0.508 e. The van der Waals surface area contributed by atoms with Gasteiger partial charge in [0.2, 0.25) is 0 Å². The Hall–Kier alpha value is -2.77. The largest absolute Gasteiger partial charge is 0.508 e. The zero-order valence-electron chi connectivity index (χ0n) is 17.0. The Bertz CT molecular complexity index is 719. The molecule has 2 rings (SSSR count). The second-order valence-electron chi connectivity index (χ2n) is 8.54. The third-order valence-corrected chi connectivity index (χ3v) is 4.23. The third-order valence-electron chi connectivity index (χ3n) is 4.23. The molecule has 0 unspecified atom stereocenters. The molecule has 1 aliphatic rings. The molecule has 1 fully saturated rings. The SMILES string of the molecule is CC(C)(CC(C)(C)OC(=O)C1(C)COC(=O)OC1)NC(=O)Nc1ccccc1. The molecule has 1 aromatic rings. The van der Waals surface area contributed by atoms with Gasteiger partial charge in [0.1, 0.15) is 24.2 Å². The number of carbonyl (C=O) groups excluding carboxylic acids is 3. The van der Waals surface area contributed by atoms with Crippen LogP contribution in [0.2, 0.25) is 0 Å². The predicted octanol–water partition coefficient (Wildman–Crippen LogP) is 3.47. The third kappa shape index (κ3) is 6.14. The molecule has 0 aliphatic carbocycles. The molecule has 1 aliphatic heterocycles. The van der Waals surface area contributed by atoms with E-state index in [1.807, 2.05) is 32.0 Å². The Kier molecular flexibility index (Phi) is 6.21. The maximum atomic E-state index is 12.6. The molecule has 1 aromatic carbocycles. The van der Waals surface area contributed by atoms with Gasteiger partial charge in [0, 0.05) is 17.6 Å². The first kappa shape index (κ1) is 21.5. The molecule has 0 radical (unpaired) electrons. The number of nitrogens with one attached hydrogen (secondary N) is 2. The Morgan fingerprint density at radius 2 is 1.68 bits per heavy atom. The second kappa shape index (κ2) is 8.08. The predicted molar refractivity (Wildman–Crippen MR) is 103 cm³/mol. The van der Waals surface area contributed by atoms with Crippen molar-refractivity contribution in [2.45, 2.75) is 52.2 Å². The van der Waals surface area contributed by atoms with Crippen molar-refractivity contribution in [1.29, 1.82) is 0 Å². The van der Waals surface area contributed by atoms with Crippen molar-refractivity contribution < 1.29 is 28.6 Å². The molecule has 2 amide bonds. The van der Waals surface area contributed by atoms with Gasteiger partial charge in [-0.2, -0.15) is 0 Å². The fourth-order valence-corrected chi connectivity index (χ4v) is 3.15. The van der Waals surface area contributed by atoms with Gasteiger partial charge in [0.05, 0.1) is 0 Å². The average Bonchev–Trinajstić information content (AvgIpc) is 2.56. The fourth-order valence-electron chi connectivity index (χ4n) is 3.15. The molecule has 0 atom stereocenters. The number of urea groups is 1. The van der Waals surface area contributed by atoms with Crippen LogP contribution < -0.4 is 10.6 Å². The first-order valence-corrected chi connectivity index (χ1v) is 9.08. The summed E-state index contributed by atoms with van der Waals surface area (Å²) in [4.78, 5) is 35.9. The highest BCUT2D eigenvalue weighted by atomic mass is 16.7. The highest BCUT2D eigenvalue weighted by molar-refractivity contribution is 5.89. The molecule has 154 valence electrons. The number of hydrogen-bond acceptors (Lipinski definition) is 6. The van der Waals surface area contributed by atoms with Crippen LogP contribution in [0.3, 0.4) is 0 Å². The first-order valence-electron chi connectivity index (χ1n) is 9.08. The number of ether oxygens (including phenoxy) is 3. The van der Waals surface area contributed by atoms with Crippen molar-refractivity contribution in [3.8, 4) is 0 Å². The van der Waals surface area contributed by atoms with E-state index in [1.54, 1.807) is 32.9 Å². The number of para-hydroxylation sites is 1. The van der Waals surface area contributed by atoms with Crippen LogP contribution in [-0.4, -0.2) is 42.5 Å². The van der Waals surface area contributed by atoms with Crippen molar-refractivity contribution in [1.82, 2.24) is 5.32 Å². The van der Waals surface area contributed by atoms with E-state index in [9.17, 15) is 14.4 Å². The van der Waals surface area contributed by atoms with E-state index >= 15 is 0 Å². The Labute approximate surface area is 164 Å². The van der Waals surface area contributed by atoms with Crippen molar-refractivity contribution in [2.75, 3.05) is 18.5 Å². The number of carbonyl (C=O) groups is 3. The van der Waals surface area contributed by atoms with Crippen LogP contribution in [0.5, 0.6) is 0 Å². The molecule has 28 heavy (non-hydrogen) atoms. The van der Waals surface area contributed by atoms with Crippen molar-refractivity contribution in [2.24, 2.45) is 5.41 Å². The van der Waals surface area contributed by atoms with E-state index in [-0.39, 0.29) is 19.2 Å². The lowest BCUT2D eigenvalue weighted by atomic mass is 9.88. The minimum Gasteiger partial charge on any atom is -0.459 e. The lowest BCUT2D eigenvalue weighted by molar-refractivity contribution is -0.180. The highest BCUT2D eigenvalue weighted by Crippen LogP contribution is 2.30. The van der Waals surface area contributed by atoms with E-state index in [0.717, 1.165) is 0 Å². The summed E-state index contributed by atoms with van der Waals surface area (Å²) in [5, 5.41) is 5.66. The molecule has 0 aromatic heterocycles. The van der Waals surface area contributed by atoms with Gasteiger partial charge < -0.3 is 24.8 Å². The average molecular weight is 392 g/mol. The Morgan fingerprint density at radius 3 is 2.25 bits per heavy atom. The van der Waals surface area contributed by atoms with E-state index in [1.165, 1.54) is 0 Å². The molecular weight excluding hydrogens is 364 g/mol. The summed E-state index contributed by atoms with van der Waals surface area (Å²) >= 11 is 0. The van der Waals surface area contributed by atoms with Crippen LogP contribution in [0.1, 0.15) is 41.0 Å². The zero-order chi connectivity index (χ0) is 21.0. The topological polar surface area (TPSA) is 103 Å². The van der Waals surface area contributed by atoms with Crippen LogP contribution >= 0.6 is 0 Å². The lowest BCUT2D eigenvalue weighted by Gasteiger charge is -2.38. The summed E-state index contributed by atoms with van der Waals surface area (Å²) in [6.45, 7) is 8.66. The summed E-state index contributed by atoms with van der Waals surface area (Å²) in [6.07, 6.45) is -0.427. The molecule has 1 heterocycles. The van der Waals surface area contributed by atoms with Gasteiger partial charge in [-0.05, 0) is 46.8 Å². The van der Waals surface area contributed by atoms with Gasteiger partial charge in [0.15, 0.2) is 0 Å². The number of benzene rings is 1. The van der Waals surface area contributed by atoms with Gasteiger partial charge in [-0.1, -0.05) is 18.2 Å². The van der Waals surface area contributed by atoms with E-state index < -0.39 is 28.7 Å². The Morgan fingerprint density at radius 1 is 1.11 bits per heavy atom. The van der Waals surface area contributed by atoms with Crippen molar-refractivity contribution in [3.05, 3.63) is 30.3 Å². The quantitative estimate of drug-likeness (QED) is 0.719. The molecule has 0 saturated carbocycles. The summed E-state index contributed by atoms with van der Waals surface area (Å²) in [6, 6.07) is 8.75. The normalized spacial score (nSPS) is 16.4. The summed E-state index contributed by atoms with van der Waals surface area (Å²) < 4.78 is 15.3. The van der Waals surface area contributed by atoms with Gasteiger partial charge >= 0.3 is 18.2 Å². The van der Waals surface area contributed by atoms with Crippen LogP contribution in [0.4, 0.5) is 15.3 Å². The zero-order valence-corrected chi connectivity index (χ0v) is 17.0. The fraction of sp³-hybridized carbons (Fsp3) is 0.550. The number of rotatable bonds is 6. The molecule has 0 spiro atoms. The van der Waals surface area contributed by atoms with Gasteiger partial charge in [-0.3, -0.25) is 4.79 Å². The number of amides is 2. The minimum absolute atomic E-state index is 0.0954. The molecule has 8 heteroatoms. The summed E-state index contributed by atoms with van der Waals surface area (Å²) in [5.41, 5.74) is -1.90. The maximum absolute atomic E-state index is 12.6. The Balaban J connectivity index is 1.92. The van der Waals surface area contributed by atoms with Crippen molar-refractivity contribution in [3.63, 3.8) is 0 Å². The van der Waals surface area contributed by atoms with Crippen LogP contribution in [0.15, 0.2) is 30.3 Å². The number of hydrogen-bond donors (Lipinski definition) is 2. The molecular formula is C20H28N2O6. The standard InChI is InChI=1S/C20H28N2O6/c1-18(2,22-16(24)21-14-9-7-6-8-10-14)11-19(3,4)28-15(23)20(5)12-26-17(25)27-13-20/h6-10H,11-13H2,1-5H3,(H2,21,22,24). The first-order chi connectivity index (χ1) is 12.9. The monoisotopic (exact) mass is 392 g/mol. The van der Waals surface area contributed by atoms with Gasteiger partial charge in [-0.25, -0.2) is 9.59 Å². The van der Waals surface area contributed by atoms with E-state index in [4.69, 9.17) is 14.2 Å². The van der Waals surface area contributed by atoms with E-state index in [0.29, 0.717) is 12.1 Å². The summed E-state index contributed by atoms with van der Waals surface area (Å²) in [7, 11) is 0. The number of cyclic esters (lactones) is 2. The second-order valence-corrected chi connectivity index (χ2v) is 8.54. The lowest BCUT2D eigenvalue weighted by Crippen LogP contribution is -2.52. The van der Waals surface area contributed by atoms with Gasteiger partial charge in [0.25, 0.3) is 0 Å². The smallest absolute Gasteiger partial charge is 0.459 e. The van der Waals surface area contributed by atoms with Gasteiger partial charge in [-0.15, -0.1) is 0 Å².